The van der Waals surface area contributed by atoms with Crippen molar-refractivity contribution in [3.63, 3.8) is 0 Å². The third-order valence-corrected chi connectivity index (χ3v) is 6.00. The van der Waals surface area contributed by atoms with E-state index in [0.717, 1.165) is 0 Å². The van der Waals surface area contributed by atoms with Gasteiger partial charge in [0.25, 0.3) is 10.0 Å². The third-order valence-electron chi connectivity index (χ3n) is 3.85. The number of morpholine rings is 1. The number of sulfonamides is 1. The Morgan fingerprint density at radius 2 is 2.16 bits per heavy atom. The van der Waals surface area contributed by atoms with Crippen molar-refractivity contribution in [1.29, 1.82) is 0 Å². The Morgan fingerprint density at radius 1 is 1.32 bits per heavy atom. The molecule has 1 fully saturated rings. The second-order valence-electron chi connectivity index (χ2n) is 5.52. The lowest BCUT2D eigenvalue weighted by Crippen LogP contribution is -2.42. The maximum atomic E-state index is 14.3. The van der Waals surface area contributed by atoms with E-state index in [-0.39, 0.29) is 35.9 Å². The number of rotatable bonds is 6. The lowest BCUT2D eigenvalue weighted by molar-refractivity contribution is -0.142. The maximum absolute atomic E-state index is 14.3. The highest BCUT2D eigenvalue weighted by atomic mass is 32.2. The van der Waals surface area contributed by atoms with E-state index in [2.05, 4.69) is 4.72 Å². The highest BCUT2D eigenvalue weighted by molar-refractivity contribution is 7.92. The first kappa shape index (κ1) is 17.8. The van der Waals surface area contributed by atoms with Gasteiger partial charge in [-0.1, -0.05) is 6.07 Å². The van der Waals surface area contributed by atoms with Crippen molar-refractivity contribution in [3.05, 3.63) is 46.4 Å². The molecule has 25 heavy (non-hydrogen) atoms. The first-order chi connectivity index (χ1) is 12.0. The van der Waals surface area contributed by atoms with Crippen molar-refractivity contribution in [2.45, 2.75) is 11.3 Å². The van der Waals surface area contributed by atoms with Crippen LogP contribution in [0.15, 0.2) is 39.9 Å². The summed E-state index contributed by atoms with van der Waals surface area (Å²) in [6.07, 6.45) is 0.109. The number of amides is 1. The summed E-state index contributed by atoms with van der Waals surface area (Å²) in [7, 11) is -3.91. The lowest BCUT2D eigenvalue weighted by Gasteiger charge is -2.27. The standard InChI is InChI=1S/C16H17FN2O4S2/c17-14-2-1-3-15(25(21,22)18-12-5-9-24-11-12)13(14)4-6-19-7-8-23-10-16(19)20/h1-3,5,9,11,18H,4,6-8,10H2. The molecule has 1 aromatic carbocycles. The number of halogens is 1. The summed E-state index contributed by atoms with van der Waals surface area (Å²) in [6.45, 7) is 1.09. The smallest absolute Gasteiger partial charge is 0.262 e. The quantitative estimate of drug-likeness (QED) is 0.828. The van der Waals surface area contributed by atoms with E-state index < -0.39 is 15.8 Å². The van der Waals surface area contributed by atoms with Crippen LogP contribution in [-0.4, -0.2) is 45.5 Å². The van der Waals surface area contributed by atoms with Gasteiger partial charge in [-0.25, -0.2) is 12.8 Å². The third kappa shape index (κ3) is 4.17. The molecule has 1 saturated heterocycles. The van der Waals surface area contributed by atoms with Crippen LogP contribution in [0.3, 0.4) is 0 Å². The summed E-state index contributed by atoms with van der Waals surface area (Å²) < 4.78 is 47.0. The minimum Gasteiger partial charge on any atom is -0.370 e. The number of carbonyl (C=O) groups is 1. The fraction of sp³-hybridized carbons (Fsp3) is 0.312. The maximum Gasteiger partial charge on any atom is 0.262 e. The summed E-state index contributed by atoms with van der Waals surface area (Å²) in [5.74, 6) is -0.780. The van der Waals surface area contributed by atoms with Gasteiger partial charge >= 0.3 is 0 Å². The van der Waals surface area contributed by atoms with Gasteiger partial charge in [-0.05, 0) is 30.0 Å². The van der Waals surface area contributed by atoms with Crippen molar-refractivity contribution in [2.75, 3.05) is 31.0 Å². The molecule has 0 aliphatic carbocycles. The Morgan fingerprint density at radius 3 is 2.88 bits per heavy atom. The van der Waals surface area contributed by atoms with Gasteiger partial charge < -0.3 is 9.64 Å². The van der Waals surface area contributed by atoms with Gasteiger partial charge in [0.1, 0.15) is 12.4 Å². The fourth-order valence-corrected chi connectivity index (χ4v) is 4.59. The van der Waals surface area contributed by atoms with Crippen molar-refractivity contribution in [3.8, 4) is 0 Å². The van der Waals surface area contributed by atoms with Gasteiger partial charge in [0.15, 0.2) is 0 Å². The molecule has 1 amide bonds. The van der Waals surface area contributed by atoms with E-state index in [4.69, 9.17) is 4.74 Å². The number of nitrogens with one attached hydrogen (secondary N) is 1. The van der Waals surface area contributed by atoms with Gasteiger partial charge in [0, 0.05) is 24.0 Å². The number of thiophene rings is 1. The number of carbonyl (C=O) groups excluding carboxylic acids is 1. The molecule has 1 aromatic heterocycles. The van der Waals surface area contributed by atoms with Gasteiger partial charge in [-0.2, -0.15) is 11.3 Å². The largest absolute Gasteiger partial charge is 0.370 e. The molecule has 6 nitrogen and oxygen atoms in total. The van der Waals surface area contributed by atoms with E-state index >= 15 is 0 Å². The van der Waals surface area contributed by atoms with Gasteiger partial charge in [0.05, 0.1) is 17.2 Å². The lowest BCUT2D eigenvalue weighted by atomic mass is 10.1. The molecule has 2 heterocycles. The minimum atomic E-state index is -3.91. The zero-order valence-corrected chi connectivity index (χ0v) is 14.9. The summed E-state index contributed by atoms with van der Waals surface area (Å²) in [6, 6.07) is 5.59. The normalized spacial score (nSPS) is 15.4. The summed E-state index contributed by atoms with van der Waals surface area (Å²) in [5, 5.41) is 3.40. The molecule has 0 radical (unpaired) electrons. The van der Waals surface area contributed by atoms with Gasteiger partial charge in [-0.3, -0.25) is 9.52 Å². The minimum absolute atomic E-state index is 0.00212. The molecule has 1 aliphatic rings. The topological polar surface area (TPSA) is 75.7 Å². The van der Waals surface area contributed by atoms with Crippen molar-refractivity contribution >= 4 is 33.0 Å². The first-order valence-electron chi connectivity index (χ1n) is 7.65. The van der Waals surface area contributed by atoms with Crippen LogP contribution in [0.4, 0.5) is 10.1 Å². The Hall–Kier alpha value is -1.97. The van der Waals surface area contributed by atoms with Crippen LogP contribution < -0.4 is 4.72 Å². The molecule has 1 N–H and O–H groups in total. The van der Waals surface area contributed by atoms with Crippen molar-refractivity contribution in [2.24, 2.45) is 0 Å². The Balaban J connectivity index is 1.83. The second-order valence-corrected chi connectivity index (χ2v) is 7.95. The van der Waals surface area contributed by atoms with Crippen molar-refractivity contribution < 1.29 is 22.3 Å². The summed E-state index contributed by atoms with van der Waals surface area (Å²) in [5.41, 5.74) is 0.507. The average molecular weight is 384 g/mol. The van der Waals surface area contributed by atoms with Gasteiger partial charge in [-0.15, -0.1) is 0 Å². The molecule has 3 rings (SSSR count). The van der Waals surface area contributed by atoms with E-state index in [1.807, 2.05) is 0 Å². The summed E-state index contributed by atoms with van der Waals surface area (Å²) >= 11 is 1.36. The highest BCUT2D eigenvalue weighted by Crippen LogP contribution is 2.24. The second kappa shape index (κ2) is 7.51. The van der Waals surface area contributed by atoms with Gasteiger partial charge in [0.2, 0.25) is 5.91 Å². The molecule has 9 heteroatoms. The number of benzene rings is 1. The monoisotopic (exact) mass is 384 g/mol. The molecule has 2 aromatic rings. The Kier molecular flexibility index (Phi) is 5.36. The van der Waals surface area contributed by atoms with E-state index in [1.165, 1.54) is 29.5 Å². The number of hydrogen-bond acceptors (Lipinski definition) is 5. The number of anilines is 1. The van der Waals surface area contributed by atoms with Crippen molar-refractivity contribution in [1.82, 2.24) is 4.90 Å². The van der Waals surface area contributed by atoms with E-state index in [0.29, 0.717) is 18.8 Å². The molecular weight excluding hydrogens is 367 g/mol. The molecule has 0 spiro atoms. The van der Waals surface area contributed by atoms with Crippen LogP contribution in [0.25, 0.3) is 0 Å². The van der Waals surface area contributed by atoms with Crippen LogP contribution in [0.5, 0.6) is 0 Å². The molecule has 1 aliphatic heterocycles. The first-order valence-corrected chi connectivity index (χ1v) is 10.1. The molecule has 0 bridgehead atoms. The molecule has 134 valence electrons. The van der Waals surface area contributed by atoms with Crippen LogP contribution in [0.1, 0.15) is 5.56 Å². The van der Waals surface area contributed by atoms with Crippen LogP contribution in [0, 0.1) is 5.82 Å². The SMILES string of the molecule is O=C1COCCN1CCc1c(F)cccc1S(=O)(=O)Nc1ccsc1. The van der Waals surface area contributed by atoms with E-state index in [1.54, 1.807) is 21.7 Å². The Bertz CT molecular complexity index is 853. The summed E-state index contributed by atoms with van der Waals surface area (Å²) in [4.78, 5) is 13.2. The van der Waals surface area contributed by atoms with Crippen LogP contribution >= 0.6 is 11.3 Å². The van der Waals surface area contributed by atoms with Crippen LogP contribution in [0.2, 0.25) is 0 Å². The molecule has 0 unspecified atom stereocenters. The Labute approximate surface area is 149 Å². The number of ether oxygens (including phenoxy) is 1. The molecule has 0 atom stereocenters. The number of hydrogen-bond donors (Lipinski definition) is 1. The average Bonchev–Trinajstić information content (AvgIpc) is 3.07. The fourth-order valence-electron chi connectivity index (χ4n) is 2.60. The predicted molar refractivity (Wildman–Crippen MR) is 92.6 cm³/mol. The number of nitrogens with zero attached hydrogens (tertiary/aromatic N) is 1. The van der Waals surface area contributed by atoms with Crippen LogP contribution in [-0.2, 0) is 26.0 Å². The predicted octanol–water partition coefficient (Wildman–Crippen LogP) is 2.09. The zero-order valence-electron chi connectivity index (χ0n) is 13.3. The zero-order chi connectivity index (χ0) is 17.9. The highest BCUT2D eigenvalue weighted by Gasteiger charge is 2.24. The molecular formula is C16H17FN2O4S2. The molecule has 0 saturated carbocycles. The van der Waals surface area contributed by atoms with E-state index in [9.17, 15) is 17.6 Å².